The van der Waals surface area contributed by atoms with Gasteiger partial charge in [0.2, 0.25) is 0 Å². The number of nitrogens with zero attached hydrogens (tertiary/aromatic N) is 2. The predicted octanol–water partition coefficient (Wildman–Crippen LogP) is 3.15. The summed E-state index contributed by atoms with van der Waals surface area (Å²) >= 11 is 0. The van der Waals surface area contributed by atoms with Gasteiger partial charge in [-0.1, -0.05) is 18.2 Å². The molecule has 0 amide bonds. The first-order valence-electron chi connectivity index (χ1n) is 9.79. The lowest BCUT2D eigenvalue weighted by Gasteiger charge is -2.27. The highest BCUT2D eigenvalue weighted by atomic mass is 16.5. The molecule has 0 saturated carbocycles. The summed E-state index contributed by atoms with van der Waals surface area (Å²) in [5, 5.41) is 6.74. The molecule has 156 valence electrons. The van der Waals surface area contributed by atoms with E-state index in [9.17, 15) is 0 Å². The standard InChI is InChI=1S/C22H30N4O3/c1-23-22(25-16-10-11-20-21(14-16)29-13-7-12-28-20)24-15-18(26(2)3)17-8-5-6-9-19(17)27-4/h5-6,8-11,14,18H,7,12-13,15H2,1-4H3,(H2,23,24,25). The molecule has 2 aromatic carbocycles. The van der Waals surface area contributed by atoms with Gasteiger partial charge in [0.1, 0.15) is 5.75 Å². The molecule has 1 atom stereocenters. The quantitative estimate of drug-likeness (QED) is 0.576. The van der Waals surface area contributed by atoms with Crippen LogP contribution < -0.4 is 24.8 Å². The van der Waals surface area contributed by atoms with Gasteiger partial charge in [0.15, 0.2) is 17.5 Å². The fourth-order valence-electron chi connectivity index (χ4n) is 3.26. The van der Waals surface area contributed by atoms with Crippen LogP contribution in [0.4, 0.5) is 5.69 Å². The molecule has 1 heterocycles. The van der Waals surface area contributed by atoms with Crippen LogP contribution in [0.15, 0.2) is 47.5 Å². The van der Waals surface area contributed by atoms with E-state index >= 15 is 0 Å². The van der Waals surface area contributed by atoms with Gasteiger partial charge in [0.05, 0.1) is 26.4 Å². The maximum absolute atomic E-state index is 5.77. The first-order chi connectivity index (χ1) is 14.1. The highest BCUT2D eigenvalue weighted by Gasteiger charge is 2.19. The van der Waals surface area contributed by atoms with Gasteiger partial charge in [-0.2, -0.15) is 0 Å². The summed E-state index contributed by atoms with van der Waals surface area (Å²) in [4.78, 5) is 6.51. The Kier molecular flexibility index (Phi) is 7.19. The second-order valence-electron chi connectivity index (χ2n) is 7.01. The largest absolute Gasteiger partial charge is 0.496 e. The number of methoxy groups -OCH3 is 1. The summed E-state index contributed by atoms with van der Waals surface area (Å²) in [5.74, 6) is 3.09. The van der Waals surface area contributed by atoms with Gasteiger partial charge >= 0.3 is 0 Å². The zero-order chi connectivity index (χ0) is 20.6. The van der Waals surface area contributed by atoms with Crippen molar-refractivity contribution in [2.45, 2.75) is 12.5 Å². The number of likely N-dealkylation sites (N-methyl/N-ethyl adjacent to an activating group) is 1. The van der Waals surface area contributed by atoms with Gasteiger partial charge in [-0.05, 0) is 32.3 Å². The first kappa shape index (κ1) is 20.8. The SMILES string of the molecule is CN=C(NCC(c1ccccc1OC)N(C)C)Nc1ccc2c(c1)OCCCO2. The average Bonchev–Trinajstić information content (AvgIpc) is 2.98. The Morgan fingerprint density at radius 2 is 1.90 bits per heavy atom. The van der Waals surface area contributed by atoms with Crippen LogP contribution in [0.1, 0.15) is 18.0 Å². The van der Waals surface area contributed by atoms with Gasteiger partial charge in [-0.15, -0.1) is 0 Å². The van der Waals surface area contributed by atoms with Crippen molar-refractivity contribution in [1.82, 2.24) is 10.2 Å². The minimum Gasteiger partial charge on any atom is -0.496 e. The molecule has 0 fully saturated rings. The molecular formula is C22H30N4O3. The summed E-state index contributed by atoms with van der Waals surface area (Å²) in [5.41, 5.74) is 2.01. The summed E-state index contributed by atoms with van der Waals surface area (Å²) < 4.78 is 17.0. The van der Waals surface area contributed by atoms with Crippen LogP contribution in [-0.4, -0.2) is 58.9 Å². The number of benzene rings is 2. The lowest BCUT2D eigenvalue weighted by Crippen LogP contribution is -2.38. The maximum Gasteiger partial charge on any atom is 0.195 e. The third-order valence-corrected chi connectivity index (χ3v) is 4.82. The van der Waals surface area contributed by atoms with Crippen LogP contribution in [0.3, 0.4) is 0 Å². The summed E-state index contributed by atoms with van der Waals surface area (Å²) in [6, 6.07) is 14.0. The molecule has 0 saturated heterocycles. The number of guanidine groups is 1. The van der Waals surface area contributed by atoms with Crippen molar-refractivity contribution in [3.05, 3.63) is 48.0 Å². The Balaban J connectivity index is 1.68. The minimum atomic E-state index is 0.119. The highest BCUT2D eigenvalue weighted by molar-refractivity contribution is 5.93. The predicted molar refractivity (Wildman–Crippen MR) is 116 cm³/mol. The Morgan fingerprint density at radius 1 is 1.14 bits per heavy atom. The van der Waals surface area contributed by atoms with E-state index < -0.39 is 0 Å². The Bertz CT molecular complexity index is 839. The molecule has 1 aliphatic heterocycles. The molecule has 0 bridgehead atoms. The van der Waals surface area contributed by atoms with Crippen molar-refractivity contribution in [3.8, 4) is 17.2 Å². The van der Waals surface area contributed by atoms with Crippen molar-refractivity contribution < 1.29 is 14.2 Å². The van der Waals surface area contributed by atoms with E-state index in [0.717, 1.165) is 34.9 Å². The number of ether oxygens (including phenoxy) is 3. The zero-order valence-corrected chi connectivity index (χ0v) is 17.6. The van der Waals surface area contributed by atoms with Crippen LogP contribution in [0.2, 0.25) is 0 Å². The second kappa shape index (κ2) is 10.0. The van der Waals surface area contributed by atoms with Crippen molar-refractivity contribution in [2.24, 2.45) is 4.99 Å². The van der Waals surface area contributed by atoms with Gasteiger partial charge in [0.25, 0.3) is 0 Å². The molecule has 0 radical (unpaired) electrons. The van der Waals surface area contributed by atoms with E-state index in [1.165, 1.54) is 0 Å². The normalized spacial score (nSPS) is 14.9. The van der Waals surface area contributed by atoms with E-state index in [2.05, 4.69) is 40.7 Å². The van der Waals surface area contributed by atoms with Crippen LogP contribution in [0, 0.1) is 0 Å². The van der Waals surface area contributed by atoms with Crippen LogP contribution >= 0.6 is 0 Å². The minimum absolute atomic E-state index is 0.119. The summed E-state index contributed by atoms with van der Waals surface area (Å²) in [7, 11) is 7.56. The maximum atomic E-state index is 5.77. The van der Waals surface area contributed by atoms with E-state index in [-0.39, 0.29) is 6.04 Å². The topological polar surface area (TPSA) is 67.4 Å². The summed E-state index contributed by atoms with van der Waals surface area (Å²) in [6.07, 6.45) is 0.884. The Morgan fingerprint density at radius 3 is 2.62 bits per heavy atom. The van der Waals surface area contributed by atoms with Crippen molar-refractivity contribution in [2.75, 3.05) is 53.3 Å². The van der Waals surface area contributed by atoms with E-state index in [4.69, 9.17) is 14.2 Å². The Labute approximate surface area is 172 Å². The van der Waals surface area contributed by atoms with Crippen LogP contribution in [-0.2, 0) is 0 Å². The zero-order valence-electron chi connectivity index (χ0n) is 17.6. The first-order valence-corrected chi connectivity index (χ1v) is 9.79. The smallest absolute Gasteiger partial charge is 0.195 e. The van der Waals surface area contributed by atoms with E-state index in [0.29, 0.717) is 25.7 Å². The molecule has 0 spiro atoms. The van der Waals surface area contributed by atoms with E-state index in [1.54, 1.807) is 14.2 Å². The second-order valence-corrected chi connectivity index (χ2v) is 7.01. The lowest BCUT2D eigenvalue weighted by molar-refractivity contribution is 0.288. The van der Waals surface area contributed by atoms with E-state index in [1.807, 2.05) is 36.4 Å². The number of rotatable bonds is 6. The molecular weight excluding hydrogens is 368 g/mol. The van der Waals surface area contributed by atoms with Gasteiger partial charge in [0, 0.05) is 37.3 Å². The van der Waals surface area contributed by atoms with Crippen molar-refractivity contribution in [1.29, 1.82) is 0 Å². The third-order valence-electron chi connectivity index (χ3n) is 4.82. The van der Waals surface area contributed by atoms with Crippen LogP contribution in [0.25, 0.3) is 0 Å². The van der Waals surface area contributed by atoms with Gasteiger partial charge < -0.3 is 29.7 Å². The fourth-order valence-corrected chi connectivity index (χ4v) is 3.26. The molecule has 2 N–H and O–H groups in total. The molecule has 0 aromatic heterocycles. The number of hydrogen-bond donors (Lipinski definition) is 2. The fraction of sp³-hybridized carbons (Fsp3) is 0.409. The van der Waals surface area contributed by atoms with Crippen molar-refractivity contribution in [3.63, 3.8) is 0 Å². The molecule has 7 heteroatoms. The van der Waals surface area contributed by atoms with Gasteiger partial charge in [-0.25, -0.2) is 0 Å². The number of anilines is 1. The number of para-hydroxylation sites is 1. The Hall–Kier alpha value is -2.93. The highest BCUT2D eigenvalue weighted by Crippen LogP contribution is 2.32. The number of hydrogen-bond acceptors (Lipinski definition) is 5. The van der Waals surface area contributed by atoms with Crippen LogP contribution in [0.5, 0.6) is 17.2 Å². The average molecular weight is 399 g/mol. The van der Waals surface area contributed by atoms with Gasteiger partial charge in [-0.3, -0.25) is 4.99 Å². The number of fused-ring (bicyclic) bond motifs is 1. The molecule has 2 aromatic rings. The molecule has 29 heavy (non-hydrogen) atoms. The molecule has 1 aliphatic rings. The molecule has 0 aliphatic carbocycles. The molecule has 7 nitrogen and oxygen atoms in total. The molecule has 3 rings (SSSR count). The number of nitrogens with one attached hydrogen (secondary N) is 2. The third kappa shape index (κ3) is 5.32. The number of aliphatic imine (C=N–C) groups is 1. The van der Waals surface area contributed by atoms with Crippen molar-refractivity contribution >= 4 is 11.6 Å². The molecule has 1 unspecified atom stereocenters. The summed E-state index contributed by atoms with van der Waals surface area (Å²) in [6.45, 7) is 2.00. The monoisotopic (exact) mass is 398 g/mol. The lowest BCUT2D eigenvalue weighted by atomic mass is 10.0.